The first kappa shape index (κ1) is 13.4. The maximum absolute atomic E-state index is 12.1. The number of hydrogen-bond donors (Lipinski definition) is 1. The first-order chi connectivity index (χ1) is 8.29. The van der Waals surface area contributed by atoms with E-state index in [1.807, 2.05) is 12.1 Å². The van der Waals surface area contributed by atoms with Gasteiger partial charge in [0.15, 0.2) is 0 Å². The van der Waals surface area contributed by atoms with Crippen molar-refractivity contribution in [1.82, 2.24) is 10.2 Å². The van der Waals surface area contributed by atoms with Crippen LogP contribution in [0.4, 0.5) is 0 Å². The Morgan fingerprint density at radius 1 is 1.35 bits per heavy atom. The van der Waals surface area contributed by atoms with Crippen molar-refractivity contribution >= 4 is 5.91 Å². The Morgan fingerprint density at radius 2 is 2.00 bits per heavy atom. The van der Waals surface area contributed by atoms with E-state index in [0.29, 0.717) is 26.2 Å². The standard InChI is InChI=1S/C11H16N4O2/c12-3-1-6-15(7-2-4-13)11(16)10-9-14-5-8-17-10/h10,14H,1-2,5-9H2. The number of nitrogens with one attached hydrogen (secondary N) is 1. The normalized spacial score (nSPS) is 19.1. The molecule has 1 rings (SSSR count). The molecule has 0 aromatic carbocycles. The molecule has 1 unspecified atom stereocenters. The van der Waals surface area contributed by atoms with E-state index in [1.54, 1.807) is 0 Å². The van der Waals surface area contributed by atoms with Crippen molar-refractivity contribution in [2.75, 3.05) is 32.8 Å². The highest BCUT2D eigenvalue weighted by atomic mass is 16.5. The molecule has 1 N–H and O–H groups in total. The van der Waals surface area contributed by atoms with Gasteiger partial charge in [0.25, 0.3) is 5.91 Å². The number of nitrogens with zero attached hydrogens (tertiary/aromatic N) is 3. The molecule has 6 heteroatoms. The van der Waals surface area contributed by atoms with E-state index in [1.165, 1.54) is 4.90 Å². The van der Waals surface area contributed by atoms with Crippen molar-refractivity contribution < 1.29 is 9.53 Å². The Kier molecular flexibility index (Phi) is 6.02. The van der Waals surface area contributed by atoms with E-state index in [4.69, 9.17) is 15.3 Å². The Morgan fingerprint density at radius 3 is 2.47 bits per heavy atom. The van der Waals surface area contributed by atoms with E-state index in [0.717, 1.165) is 6.54 Å². The van der Waals surface area contributed by atoms with Gasteiger partial charge in [-0.25, -0.2) is 0 Å². The number of rotatable bonds is 5. The summed E-state index contributed by atoms with van der Waals surface area (Å²) in [7, 11) is 0. The lowest BCUT2D eigenvalue weighted by molar-refractivity contribution is -0.145. The third-order valence-electron chi connectivity index (χ3n) is 2.50. The van der Waals surface area contributed by atoms with Crippen LogP contribution in [0.25, 0.3) is 0 Å². The fraction of sp³-hybridized carbons (Fsp3) is 0.727. The fourth-order valence-corrected chi connectivity index (χ4v) is 1.63. The molecule has 1 aliphatic heterocycles. The third-order valence-corrected chi connectivity index (χ3v) is 2.50. The molecule has 0 aliphatic carbocycles. The zero-order valence-electron chi connectivity index (χ0n) is 9.69. The molecule has 1 aliphatic rings. The summed E-state index contributed by atoms with van der Waals surface area (Å²) < 4.78 is 5.36. The van der Waals surface area contributed by atoms with Gasteiger partial charge in [-0.15, -0.1) is 0 Å². The molecular formula is C11H16N4O2. The molecule has 0 saturated carbocycles. The average molecular weight is 236 g/mol. The van der Waals surface area contributed by atoms with Crippen molar-refractivity contribution in [3.63, 3.8) is 0 Å². The highest BCUT2D eigenvalue weighted by molar-refractivity contribution is 5.81. The van der Waals surface area contributed by atoms with Gasteiger partial charge >= 0.3 is 0 Å². The second-order valence-electron chi connectivity index (χ2n) is 3.71. The topological polar surface area (TPSA) is 89.2 Å². The highest BCUT2D eigenvalue weighted by Crippen LogP contribution is 2.04. The maximum atomic E-state index is 12.1. The molecule has 1 atom stereocenters. The largest absolute Gasteiger partial charge is 0.366 e. The lowest BCUT2D eigenvalue weighted by Crippen LogP contribution is -2.49. The fourth-order valence-electron chi connectivity index (χ4n) is 1.63. The monoisotopic (exact) mass is 236 g/mol. The van der Waals surface area contributed by atoms with Gasteiger partial charge in [-0.1, -0.05) is 0 Å². The van der Waals surface area contributed by atoms with Gasteiger partial charge in [0.05, 0.1) is 31.6 Å². The summed E-state index contributed by atoms with van der Waals surface area (Å²) in [6.45, 7) is 2.48. The number of hydrogen-bond acceptors (Lipinski definition) is 5. The van der Waals surface area contributed by atoms with E-state index < -0.39 is 6.10 Å². The first-order valence-corrected chi connectivity index (χ1v) is 5.64. The summed E-state index contributed by atoms with van der Waals surface area (Å²) in [6.07, 6.45) is 0.0652. The van der Waals surface area contributed by atoms with Crippen molar-refractivity contribution in [2.24, 2.45) is 0 Å². The molecule has 17 heavy (non-hydrogen) atoms. The van der Waals surface area contributed by atoms with Crippen LogP contribution in [0.2, 0.25) is 0 Å². The van der Waals surface area contributed by atoms with Crippen molar-refractivity contribution in [1.29, 1.82) is 10.5 Å². The highest BCUT2D eigenvalue weighted by Gasteiger charge is 2.26. The summed E-state index contributed by atoms with van der Waals surface area (Å²) >= 11 is 0. The van der Waals surface area contributed by atoms with Crippen LogP contribution in [0.1, 0.15) is 12.8 Å². The number of nitriles is 2. The molecular weight excluding hydrogens is 220 g/mol. The summed E-state index contributed by atoms with van der Waals surface area (Å²) in [5.74, 6) is -0.136. The van der Waals surface area contributed by atoms with Gasteiger partial charge in [-0.3, -0.25) is 4.79 Å². The second-order valence-corrected chi connectivity index (χ2v) is 3.71. The number of ether oxygens (including phenoxy) is 1. The van der Waals surface area contributed by atoms with Gasteiger partial charge < -0.3 is 15.0 Å². The first-order valence-electron chi connectivity index (χ1n) is 5.64. The van der Waals surface area contributed by atoms with Gasteiger partial charge in [0.1, 0.15) is 6.10 Å². The average Bonchev–Trinajstić information content (AvgIpc) is 2.39. The molecule has 1 saturated heterocycles. The summed E-state index contributed by atoms with van der Waals surface area (Å²) in [6, 6.07) is 4.00. The van der Waals surface area contributed by atoms with Gasteiger partial charge in [-0.05, 0) is 0 Å². The van der Waals surface area contributed by atoms with Crippen molar-refractivity contribution in [3.05, 3.63) is 0 Å². The minimum Gasteiger partial charge on any atom is -0.366 e. The smallest absolute Gasteiger partial charge is 0.253 e. The lowest BCUT2D eigenvalue weighted by Gasteiger charge is -2.28. The van der Waals surface area contributed by atoms with Crippen LogP contribution in [0.15, 0.2) is 0 Å². The summed E-state index contributed by atoms with van der Waals surface area (Å²) in [4.78, 5) is 13.6. The molecule has 1 heterocycles. The SMILES string of the molecule is N#CCCN(CCC#N)C(=O)C1CNCCO1. The molecule has 0 aromatic rings. The molecule has 1 amide bonds. The molecule has 0 radical (unpaired) electrons. The predicted molar refractivity (Wildman–Crippen MR) is 59.6 cm³/mol. The van der Waals surface area contributed by atoms with Crippen LogP contribution in [-0.2, 0) is 9.53 Å². The van der Waals surface area contributed by atoms with Gasteiger partial charge in [0, 0.05) is 26.2 Å². The zero-order valence-corrected chi connectivity index (χ0v) is 9.69. The van der Waals surface area contributed by atoms with Crippen LogP contribution in [0, 0.1) is 22.7 Å². The summed E-state index contributed by atoms with van der Waals surface area (Å²) in [5, 5.41) is 20.2. The Balaban J connectivity index is 2.51. The molecule has 6 nitrogen and oxygen atoms in total. The number of carbonyl (C=O) groups excluding carboxylic acids is 1. The number of carbonyl (C=O) groups is 1. The van der Waals surface area contributed by atoms with Crippen LogP contribution >= 0.6 is 0 Å². The Hall–Kier alpha value is -1.63. The van der Waals surface area contributed by atoms with E-state index in [-0.39, 0.29) is 18.7 Å². The van der Waals surface area contributed by atoms with Crippen LogP contribution in [0.5, 0.6) is 0 Å². The van der Waals surface area contributed by atoms with Crippen LogP contribution in [-0.4, -0.2) is 49.7 Å². The van der Waals surface area contributed by atoms with Gasteiger partial charge in [0.2, 0.25) is 0 Å². The lowest BCUT2D eigenvalue weighted by atomic mass is 10.2. The number of morpholine rings is 1. The minimum atomic E-state index is -0.485. The van der Waals surface area contributed by atoms with E-state index in [9.17, 15) is 4.79 Å². The number of amides is 1. The predicted octanol–water partition coefficient (Wildman–Crippen LogP) is -0.369. The van der Waals surface area contributed by atoms with E-state index >= 15 is 0 Å². The quantitative estimate of drug-likeness (QED) is 0.703. The molecule has 0 spiro atoms. The third kappa shape index (κ3) is 4.39. The van der Waals surface area contributed by atoms with Crippen molar-refractivity contribution in [2.45, 2.75) is 18.9 Å². The zero-order chi connectivity index (χ0) is 12.5. The van der Waals surface area contributed by atoms with E-state index in [2.05, 4.69) is 5.32 Å². The van der Waals surface area contributed by atoms with Gasteiger partial charge in [-0.2, -0.15) is 10.5 Å². The second kappa shape index (κ2) is 7.61. The van der Waals surface area contributed by atoms with Crippen LogP contribution < -0.4 is 5.32 Å². The summed E-state index contributed by atoms with van der Waals surface area (Å²) in [5.41, 5.74) is 0. The molecule has 0 bridgehead atoms. The molecule has 0 aromatic heterocycles. The molecule has 1 fully saturated rings. The van der Waals surface area contributed by atoms with Crippen LogP contribution in [0.3, 0.4) is 0 Å². The Bertz CT molecular complexity index is 307. The van der Waals surface area contributed by atoms with Crippen molar-refractivity contribution in [3.8, 4) is 12.1 Å². The maximum Gasteiger partial charge on any atom is 0.253 e. The Labute approximate surface area is 101 Å². The minimum absolute atomic E-state index is 0.136. The molecule has 92 valence electrons.